The van der Waals surface area contributed by atoms with Gasteiger partial charge in [0, 0.05) is 5.56 Å². The predicted molar refractivity (Wildman–Crippen MR) is 50.5 cm³/mol. The van der Waals surface area contributed by atoms with Crippen LogP contribution in [0.25, 0.3) is 0 Å². The second kappa shape index (κ2) is 3.78. The topological polar surface area (TPSA) is 32.6 Å². The SMILES string of the molecule is CC(=NO)c1c(Cl)cccc1Cl. The Bertz CT molecular complexity index is 303. The van der Waals surface area contributed by atoms with Crippen LogP contribution in [0.1, 0.15) is 12.5 Å². The van der Waals surface area contributed by atoms with Gasteiger partial charge in [0.1, 0.15) is 0 Å². The number of nitrogens with zero attached hydrogens (tertiary/aromatic N) is 1. The third-order valence-electron chi connectivity index (χ3n) is 1.47. The highest BCUT2D eigenvalue weighted by molar-refractivity contribution is 6.40. The summed E-state index contributed by atoms with van der Waals surface area (Å²) in [7, 11) is 0. The Morgan fingerprint density at radius 2 is 1.83 bits per heavy atom. The Morgan fingerprint density at radius 1 is 1.33 bits per heavy atom. The molecule has 0 radical (unpaired) electrons. The number of benzene rings is 1. The van der Waals surface area contributed by atoms with Crippen molar-refractivity contribution in [3.63, 3.8) is 0 Å². The van der Waals surface area contributed by atoms with E-state index in [1.807, 2.05) is 0 Å². The minimum atomic E-state index is 0.408. The minimum Gasteiger partial charge on any atom is -0.411 e. The van der Waals surface area contributed by atoms with Gasteiger partial charge in [0.15, 0.2) is 0 Å². The summed E-state index contributed by atoms with van der Waals surface area (Å²) in [6, 6.07) is 5.12. The molecule has 0 saturated heterocycles. The molecule has 0 aromatic heterocycles. The van der Waals surface area contributed by atoms with Gasteiger partial charge in [-0.1, -0.05) is 34.4 Å². The lowest BCUT2D eigenvalue weighted by Crippen LogP contribution is -1.96. The molecule has 4 heteroatoms. The van der Waals surface area contributed by atoms with Gasteiger partial charge in [-0.05, 0) is 19.1 Å². The number of rotatable bonds is 1. The van der Waals surface area contributed by atoms with Crippen molar-refractivity contribution in [3.05, 3.63) is 33.8 Å². The zero-order valence-corrected chi connectivity index (χ0v) is 7.89. The molecule has 0 fully saturated rings. The molecule has 1 aromatic carbocycles. The summed E-state index contributed by atoms with van der Waals surface area (Å²) >= 11 is 11.7. The van der Waals surface area contributed by atoms with E-state index >= 15 is 0 Å². The molecule has 0 aliphatic carbocycles. The lowest BCUT2D eigenvalue weighted by atomic mass is 10.1. The molecule has 0 atom stereocenters. The molecule has 0 amide bonds. The van der Waals surface area contributed by atoms with E-state index in [9.17, 15) is 0 Å². The molecule has 12 heavy (non-hydrogen) atoms. The zero-order chi connectivity index (χ0) is 9.14. The van der Waals surface area contributed by atoms with Crippen molar-refractivity contribution in [1.29, 1.82) is 0 Å². The molecule has 0 unspecified atom stereocenters. The standard InChI is InChI=1S/C8H7Cl2NO/c1-5(11-12)8-6(9)3-2-4-7(8)10/h2-4,12H,1H3. The van der Waals surface area contributed by atoms with E-state index in [4.69, 9.17) is 28.4 Å². The van der Waals surface area contributed by atoms with Gasteiger partial charge in [0.25, 0.3) is 0 Å². The lowest BCUT2D eigenvalue weighted by molar-refractivity contribution is 0.319. The van der Waals surface area contributed by atoms with Crippen LogP contribution in [-0.4, -0.2) is 10.9 Å². The monoisotopic (exact) mass is 203 g/mol. The second-order valence-corrected chi connectivity index (χ2v) is 3.10. The highest BCUT2D eigenvalue weighted by Crippen LogP contribution is 2.24. The fourth-order valence-electron chi connectivity index (χ4n) is 0.893. The van der Waals surface area contributed by atoms with Gasteiger partial charge < -0.3 is 5.21 Å². The van der Waals surface area contributed by atoms with Crippen LogP contribution in [0.5, 0.6) is 0 Å². The number of oxime groups is 1. The molecule has 1 N–H and O–H groups in total. The largest absolute Gasteiger partial charge is 0.411 e. The van der Waals surface area contributed by atoms with Crippen LogP contribution in [0, 0.1) is 0 Å². The van der Waals surface area contributed by atoms with Crippen LogP contribution in [0.4, 0.5) is 0 Å². The van der Waals surface area contributed by atoms with E-state index < -0.39 is 0 Å². The fraction of sp³-hybridized carbons (Fsp3) is 0.125. The quantitative estimate of drug-likeness (QED) is 0.425. The van der Waals surface area contributed by atoms with Crippen LogP contribution in [0.3, 0.4) is 0 Å². The first-order valence-corrected chi connectivity index (χ1v) is 4.05. The Labute approximate surface area is 80.4 Å². The maximum atomic E-state index is 8.51. The molecule has 64 valence electrons. The molecule has 0 saturated carbocycles. The molecule has 0 spiro atoms. The summed E-state index contributed by atoms with van der Waals surface area (Å²) < 4.78 is 0. The Hall–Kier alpha value is -0.730. The van der Waals surface area contributed by atoms with Crippen LogP contribution < -0.4 is 0 Å². The van der Waals surface area contributed by atoms with E-state index in [-0.39, 0.29) is 0 Å². The average Bonchev–Trinajstić information content (AvgIpc) is 2.03. The summed E-state index contributed by atoms with van der Waals surface area (Å²) in [5.41, 5.74) is 0.980. The van der Waals surface area contributed by atoms with Crippen LogP contribution in [-0.2, 0) is 0 Å². The molecule has 0 heterocycles. The fourth-order valence-corrected chi connectivity index (χ4v) is 1.56. The highest BCUT2D eigenvalue weighted by atomic mass is 35.5. The van der Waals surface area contributed by atoms with Crippen molar-refractivity contribution in [2.24, 2.45) is 5.16 Å². The molecule has 2 nitrogen and oxygen atoms in total. The van der Waals surface area contributed by atoms with Crippen molar-refractivity contribution in [2.45, 2.75) is 6.92 Å². The van der Waals surface area contributed by atoms with Crippen LogP contribution in [0.2, 0.25) is 10.0 Å². The Balaban J connectivity index is 3.31. The normalized spacial score (nSPS) is 11.8. The summed E-state index contributed by atoms with van der Waals surface area (Å²) in [4.78, 5) is 0. The first kappa shape index (κ1) is 9.36. The predicted octanol–water partition coefficient (Wildman–Crippen LogP) is 3.19. The second-order valence-electron chi connectivity index (χ2n) is 2.28. The summed E-state index contributed by atoms with van der Waals surface area (Å²) in [5.74, 6) is 0. The Morgan fingerprint density at radius 3 is 2.25 bits per heavy atom. The van der Waals surface area contributed by atoms with Crippen molar-refractivity contribution in [3.8, 4) is 0 Å². The van der Waals surface area contributed by atoms with Crippen molar-refractivity contribution >= 4 is 28.9 Å². The molecule has 0 bridgehead atoms. The average molecular weight is 204 g/mol. The van der Waals surface area contributed by atoms with Gasteiger partial charge in [-0.2, -0.15) is 0 Å². The smallest absolute Gasteiger partial charge is 0.0866 e. The minimum absolute atomic E-state index is 0.408. The summed E-state index contributed by atoms with van der Waals surface area (Å²) in [5, 5.41) is 12.5. The highest BCUT2D eigenvalue weighted by Gasteiger charge is 2.07. The lowest BCUT2D eigenvalue weighted by Gasteiger charge is -2.03. The number of hydrogen-bond acceptors (Lipinski definition) is 2. The molecule has 1 aromatic rings. The van der Waals surface area contributed by atoms with Gasteiger partial charge in [-0.25, -0.2) is 0 Å². The van der Waals surface area contributed by atoms with E-state index in [0.29, 0.717) is 21.3 Å². The van der Waals surface area contributed by atoms with Gasteiger partial charge in [0.05, 0.1) is 15.8 Å². The first-order valence-electron chi connectivity index (χ1n) is 3.30. The summed E-state index contributed by atoms with van der Waals surface area (Å²) in [6.07, 6.45) is 0. The van der Waals surface area contributed by atoms with Gasteiger partial charge in [-0.15, -0.1) is 0 Å². The number of halogens is 2. The Kier molecular flexibility index (Phi) is 2.95. The van der Waals surface area contributed by atoms with Gasteiger partial charge in [0.2, 0.25) is 0 Å². The van der Waals surface area contributed by atoms with E-state index in [0.717, 1.165) is 0 Å². The maximum Gasteiger partial charge on any atom is 0.0866 e. The van der Waals surface area contributed by atoms with Gasteiger partial charge in [-0.3, -0.25) is 0 Å². The number of hydrogen-bond donors (Lipinski definition) is 1. The van der Waals surface area contributed by atoms with Crippen LogP contribution >= 0.6 is 23.2 Å². The first-order chi connectivity index (χ1) is 5.66. The van der Waals surface area contributed by atoms with Crippen LogP contribution in [0.15, 0.2) is 23.4 Å². The maximum absolute atomic E-state index is 8.51. The molecular formula is C8H7Cl2NO. The molecule has 0 aliphatic rings. The van der Waals surface area contributed by atoms with E-state index in [2.05, 4.69) is 5.16 Å². The van der Waals surface area contributed by atoms with Crippen molar-refractivity contribution in [2.75, 3.05) is 0 Å². The zero-order valence-electron chi connectivity index (χ0n) is 6.38. The van der Waals surface area contributed by atoms with Crippen molar-refractivity contribution < 1.29 is 5.21 Å². The van der Waals surface area contributed by atoms with Gasteiger partial charge >= 0.3 is 0 Å². The molecule has 1 rings (SSSR count). The van der Waals surface area contributed by atoms with E-state index in [1.54, 1.807) is 25.1 Å². The third-order valence-corrected chi connectivity index (χ3v) is 2.10. The van der Waals surface area contributed by atoms with Crippen molar-refractivity contribution in [1.82, 2.24) is 0 Å². The van der Waals surface area contributed by atoms with E-state index in [1.165, 1.54) is 0 Å². The molecule has 0 aliphatic heterocycles. The summed E-state index contributed by atoms with van der Waals surface area (Å²) in [6.45, 7) is 1.63. The molecular weight excluding hydrogens is 197 g/mol. The third kappa shape index (κ3) is 1.71.